The van der Waals surface area contributed by atoms with Crippen LogP contribution < -0.4 is 4.72 Å². The minimum atomic E-state index is -3.86. The highest BCUT2D eigenvalue weighted by atomic mass is 35.5. The Balaban J connectivity index is 1.76. The molecule has 0 spiro atoms. The van der Waals surface area contributed by atoms with Gasteiger partial charge in [0.2, 0.25) is 11.8 Å². The molecule has 1 heterocycles. The van der Waals surface area contributed by atoms with Crippen LogP contribution in [0.5, 0.6) is 0 Å². The van der Waals surface area contributed by atoms with Crippen molar-refractivity contribution in [1.29, 1.82) is 0 Å². The Morgan fingerprint density at radius 3 is 2.20 bits per heavy atom. The molecule has 0 saturated heterocycles. The van der Waals surface area contributed by atoms with Crippen LogP contribution in [-0.4, -0.2) is 13.4 Å². The number of benzene rings is 3. The summed E-state index contributed by atoms with van der Waals surface area (Å²) in [6.07, 6.45) is 0.405. The molecule has 30 heavy (non-hydrogen) atoms. The Hall–Kier alpha value is -2.80. The molecule has 0 atom stereocenters. The van der Waals surface area contributed by atoms with E-state index in [1.165, 1.54) is 12.1 Å². The van der Waals surface area contributed by atoms with E-state index in [1.54, 1.807) is 36.4 Å². The zero-order valence-corrected chi connectivity index (χ0v) is 17.9. The average molecular weight is 459 g/mol. The Morgan fingerprint density at radius 2 is 1.53 bits per heavy atom. The molecule has 0 aliphatic carbocycles. The second kappa shape index (κ2) is 8.52. The van der Waals surface area contributed by atoms with Gasteiger partial charge in [-0.1, -0.05) is 77.8 Å². The Labute approximate surface area is 184 Å². The molecule has 4 aromatic rings. The van der Waals surface area contributed by atoms with Gasteiger partial charge in [0.05, 0.1) is 14.9 Å². The molecule has 0 aliphatic rings. The third-order valence-electron chi connectivity index (χ3n) is 4.34. The Morgan fingerprint density at radius 1 is 0.867 bits per heavy atom. The van der Waals surface area contributed by atoms with Crippen molar-refractivity contribution in [2.75, 3.05) is 4.72 Å². The number of hydrogen-bond acceptors (Lipinski definition) is 4. The van der Waals surface area contributed by atoms with Gasteiger partial charge in [-0.05, 0) is 29.8 Å². The molecule has 0 radical (unpaired) electrons. The van der Waals surface area contributed by atoms with Crippen LogP contribution in [0.4, 0.5) is 5.88 Å². The summed E-state index contributed by atoms with van der Waals surface area (Å²) in [5.41, 5.74) is 1.90. The van der Waals surface area contributed by atoms with Crippen LogP contribution in [0, 0.1) is 0 Å². The normalized spacial score (nSPS) is 11.4. The fourth-order valence-electron chi connectivity index (χ4n) is 2.90. The molecule has 0 saturated carbocycles. The minimum Gasteiger partial charge on any atom is -0.423 e. The van der Waals surface area contributed by atoms with Crippen LogP contribution >= 0.6 is 23.2 Å². The highest BCUT2D eigenvalue weighted by Gasteiger charge is 2.22. The maximum atomic E-state index is 12.8. The van der Waals surface area contributed by atoms with Gasteiger partial charge in [-0.3, -0.25) is 0 Å². The molecule has 0 aliphatic heterocycles. The first-order valence-corrected chi connectivity index (χ1v) is 11.2. The second-order valence-electron chi connectivity index (χ2n) is 6.50. The van der Waals surface area contributed by atoms with Crippen molar-refractivity contribution in [3.05, 3.63) is 100 Å². The van der Waals surface area contributed by atoms with Crippen LogP contribution in [0.2, 0.25) is 10.0 Å². The van der Waals surface area contributed by atoms with Gasteiger partial charge >= 0.3 is 0 Å². The first kappa shape index (κ1) is 20.5. The monoisotopic (exact) mass is 458 g/mol. The summed E-state index contributed by atoms with van der Waals surface area (Å²) in [5, 5.41) is 0.721. The molecule has 1 aromatic heterocycles. The fraction of sp³-hybridized carbons (Fsp3) is 0.0455. The average Bonchev–Trinajstić information content (AvgIpc) is 3.13. The molecule has 152 valence electrons. The Kier molecular flexibility index (Phi) is 5.81. The lowest BCUT2D eigenvalue weighted by atomic mass is 10.1. The molecule has 0 fully saturated rings. The van der Waals surface area contributed by atoms with Gasteiger partial charge in [0, 0.05) is 12.0 Å². The van der Waals surface area contributed by atoms with Crippen LogP contribution in [0.15, 0.2) is 88.2 Å². The molecular weight excluding hydrogens is 443 g/mol. The number of rotatable bonds is 6. The lowest BCUT2D eigenvalue weighted by Crippen LogP contribution is -2.12. The second-order valence-corrected chi connectivity index (χ2v) is 8.99. The predicted molar refractivity (Wildman–Crippen MR) is 118 cm³/mol. The van der Waals surface area contributed by atoms with Crippen molar-refractivity contribution in [2.45, 2.75) is 11.3 Å². The van der Waals surface area contributed by atoms with Gasteiger partial charge in [-0.25, -0.2) is 18.1 Å². The number of sulfonamides is 1. The molecule has 5 nitrogen and oxygen atoms in total. The fourth-order valence-corrected chi connectivity index (χ4v) is 4.21. The van der Waals surface area contributed by atoms with Crippen molar-refractivity contribution >= 4 is 39.1 Å². The summed E-state index contributed by atoms with van der Waals surface area (Å²) >= 11 is 12.2. The number of aromatic nitrogens is 1. The quantitative estimate of drug-likeness (QED) is 0.382. The van der Waals surface area contributed by atoms with Gasteiger partial charge in [0.15, 0.2) is 0 Å². The van der Waals surface area contributed by atoms with Crippen LogP contribution in [0.3, 0.4) is 0 Å². The van der Waals surface area contributed by atoms with E-state index in [0.29, 0.717) is 33.6 Å². The van der Waals surface area contributed by atoms with Crippen molar-refractivity contribution < 1.29 is 12.8 Å². The molecule has 0 amide bonds. The lowest BCUT2D eigenvalue weighted by Gasteiger charge is -2.07. The highest BCUT2D eigenvalue weighted by molar-refractivity contribution is 7.92. The summed E-state index contributed by atoms with van der Waals surface area (Å²) in [4.78, 5) is 4.65. The van der Waals surface area contributed by atoms with Crippen molar-refractivity contribution in [1.82, 2.24) is 4.98 Å². The molecular formula is C22H16Cl2N2O3S. The number of anilines is 1. The van der Waals surface area contributed by atoms with E-state index in [1.807, 2.05) is 30.3 Å². The number of hydrogen-bond donors (Lipinski definition) is 1. The molecule has 8 heteroatoms. The van der Waals surface area contributed by atoms with Gasteiger partial charge in [-0.2, -0.15) is 0 Å². The summed E-state index contributed by atoms with van der Waals surface area (Å²) in [6.45, 7) is 0. The van der Waals surface area contributed by atoms with E-state index in [0.717, 1.165) is 5.56 Å². The maximum Gasteiger partial charge on any atom is 0.264 e. The number of oxazole rings is 1. The van der Waals surface area contributed by atoms with E-state index in [9.17, 15) is 8.42 Å². The van der Waals surface area contributed by atoms with Gasteiger partial charge in [0.1, 0.15) is 5.69 Å². The number of nitrogens with zero attached hydrogens (tertiary/aromatic N) is 1. The molecule has 0 unspecified atom stereocenters. The zero-order valence-electron chi connectivity index (χ0n) is 15.5. The summed E-state index contributed by atoms with van der Waals surface area (Å²) in [5.74, 6) is 0.385. The lowest BCUT2D eigenvalue weighted by molar-refractivity contribution is 0.521. The third kappa shape index (κ3) is 4.51. The third-order valence-corrected chi connectivity index (χ3v) is 6.43. The van der Waals surface area contributed by atoms with Crippen LogP contribution in [0.1, 0.15) is 11.5 Å². The predicted octanol–water partition coefficient (Wildman–Crippen LogP) is 6.04. The van der Waals surface area contributed by atoms with E-state index in [-0.39, 0.29) is 10.8 Å². The molecule has 4 rings (SSSR count). The minimum absolute atomic E-state index is 0.0168. The number of halogens is 2. The summed E-state index contributed by atoms with van der Waals surface area (Å²) in [6, 6.07) is 22.6. The summed E-state index contributed by atoms with van der Waals surface area (Å²) < 4.78 is 34.0. The maximum absolute atomic E-state index is 12.8. The summed E-state index contributed by atoms with van der Waals surface area (Å²) in [7, 11) is -3.86. The standard InChI is InChI=1S/C22H16Cl2N2O3S/c23-18-12-11-16(14-19(18)24)21-22(26-30(27,28)17-9-5-2-6-10-17)29-20(25-21)13-15-7-3-1-4-8-15/h1-12,14,26H,13H2. The number of nitrogens with one attached hydrogen (secondary N) is 1. The molecule has 1 N–H and O–H groups in total. The van der Waals surface area contributed by atoms with Crippen LogP contribution in [-0.2, 0) is 16.4 Å². The van der Waals surface area contributed by atoms with E-state index in [2.05, 4.69) is 9.71 Å². The van der Waals surface area contributed by atoms with Gasteiger partial charge in [-0.15, -0.1) is 0 Å². The first-order valence-electron chi connectivity index (χ1n) is 8.99. The van der Waals surface area contributed by atoms with Gasteiger partial charge in [0.25, 0.3) is 10.0 Å². The Bertz CT molecular complexity index is 1270. The van der Waals surface area contributed by atoms with Gasteiger partial charge < -0.3 is 4.42 Å². The topological polar surface area (TPSA) is 72.2 Å². The van der Waals surface area contributed by atoms with E-state index >= 15 is 0 Å². The highest BCUT2D eigenvalue weighted by Crippen LogP contribution is 2.34. The van der Waals surface area contributed by atoms with Crippen molar-refractivity contribution in [3.8, 4) is 11.3 Å². The van der Waals surface area contributed by atoms with Crippen molar-refractivity contribution in [3.63, 3.8) is 0 Å². The smallest absolute Gasteiger partial charge is 0.264 e. The molecule has 3 aromatic carbocycles. The SMILES string of the molecule is O=S(=O)(Nc1oc(Cc2ccccc2)nc1-c1ccc(Cl)c(Cl)c1)c1ccccc1. The van der Waals surface area contributed by atoms with Crippen LogP contribution in [0.25, 0.3) is 11.3 Å². The largest absolute Gasteiger partial charge is 0.423 e. The molecule has 0 bridgehead atoms. The first-order chi connectivity index (χ1) is 14.4. The zero-order chi connectivity index (χ0) is 21.1. The van der Waals surface area contributed by atoms with E-state index in [4.69, 9.17) is 27.6 Å². The van der Waals surface area contributed by atoms with E-state index < -0.39 is 10.0 Å². The van der Waals surface area contributed by atoms with Crippen molar-refractivity contribution in [2.24, 2.45) is 0 Å².